The van der Waals surface area contributed by atoms with Gasteiger partial charge in [0.05, 0.1) is 17.1 Å². The van der Waals surface area contributed by atoms with Gasteiger partial charge in [-0.05, 0) is 59.0 Å². The molecule has 2 aromatic carbocycles. The minimum absolute atomic E-state index is 0.298. The average Bonchev–Trinajstić information content (AvgIpc) is 3.27. The molecule has 0 atom stereocenters. The second-order valence-electron chi connectivity index (χ2n) is 5.31. The Bertz CT molecular complexity index is 979. The van der Waals surface area contributed by atoms with Gasteiger partial charge in [0.15, 0.2) is 0 Å². The van der Waals surface area contributed by atoms with Gasteiger partial charge in [0.2, 0.25) is 0 Å². The van der Waals surface area contributed by atoms with E-state index in [1.54, 1.807) is 28.9 Å². The van der Waals surface area contributed by atoms with Crippen molar-refractivity contribution < 1.29 is 8.78 Å². The van der Waals surface area contributed by atoms with E-state index in [2.05, 4.69) is 20.5 Å². The topological polar surface area (TPSA) is 56.5 Å². The fourth-order valence-electron chi connectivity index (χ4n) is 2.41. The van der Waals surface area contributed by atoms with Crippen LogP contribution < -0.4 is 0 Å². The molecule has 0 N–H and O–H groups in total. The highest BCUT2D eigenvalue weighted by Gasteiger charge is 2.15. The van der Waals surface area contributed by atoms with E-state index < -0.39 is 0 Å². The van der Waals surface area contributed by atoms with Crippen molar-refractivity contribution in [3.63, 3.8) is 0 Å². The monoisotopic (exact) mass is 355 g/mol. The molecular formula is C17H11F2N5S. The first-order valence-electron chi connectivity index (χ1n) is 7.41. The molecule has 0 aliphatic carbocycles. The smallest absolute Gasteiger partial charge is 0.138 e. The second-order valence-corrected chi connectivity index (χ2v) is 6.40. The first-order valence-corrected chi connectivity index (χ1v) is 8.23. The predicted molar refractivity (Wildman–Crippen MR) is 89.8 cm³/mol. The van der Waals surface area contributed by atoms with Crippen molar-refractivity contribution >= 4 is 11.3 Å². The number of hydrogen-bond acceptors (Lipinski definition) is 5. The lowest BCUT2D eigenvalue weighted by molar-refractivity contribution is 0.627. The van der Waals surface area contributed by atoms with Crippen molar-refractivity contribution in [2.75, 3.05) is 0 Å². The highest BCUT2D eigenvalue weighted by Crippen LogP contribution is 2.34. The fraction of sp³-hybridized carbons (Fsp3) is 0.0588. The summed E-state index contributed by atoms with van der Waals surface area (Å²) in [6, 6.07) is 12.3. The Morgan fingerprint density at radius 1 is 0.880 bits per heavy atom. The molecule has 5 nitrogen and oxygen atoms in total. The predicted octanol–water partition coefficient (Wildman–Crippen LogP) is 3.79. The molecule has 25 heavy (non-hydrogen) atoms. The first-order chi connectivity index (χ1) is 12.2. The zero-order valence-electron chi connectivity index (χ0n) is 12.8. The first kappa shape index (κ1) is 15.5. The Kier molecular flexibility index (Phi) is 4.02. The van der Waals surface area contributed by atoms with Gasteiger partial charge in [-0.25, -0.2) is 18.4 Å². The maximum absolute atomic E-state index is 13.2. The van der Waals surface area contributed by atoms with Crippen LogP contribution >= 0.6 is 11.3 Å². The third-order valence-corrected chi connectivity index (χ3v) is 4.69. The van der Waals surface area contributed by atoms with E-state index in [9.17, 15) is 8.78 Å². The summed E-state index contributed by atoms with van der Waals surface area (Å²) in [5, 5.41) is 11.9. The van der Waals surface area contributed by atoms with E-state index in [1.807, 2.05) is 0 Å². The highest BCUT2D eigenvalue weighted by molar-refractivity contribution is 7.15. The Morgan fingerprint density at radius 3 is 2.12 bits per heavy atom. The molecule has 0 amide bonds. The molecule has 4 rings (SSSR count). The molecule has 0 fully saturated rings. The van der Waals surface area contributed by atoms with E-state index in [0.29, 0.717) is 6.54 Å². The molecule has 2 heterocycles. The Hall–Kier alpha value is -3.00. The molecule has 0 radical (unpaired) electrons. The van der Waals surface area contributed by atoms with Crippen LogP contribution in [0.3, 0.4) is 0 Å². The second kappa shape index (κ2) is 6.48. The summed E-state index contributed by atoms with van der Waals surface area (Å²) in [6.07, 6.45) is 1.52. The molecule has 124 valence electrons. The molecule has 4 aromatic rings. The number of benzene rings is 2. The van der Waals surface area contributed by atoms with E-state index in [4.69, 9.17) is 0 Å². The van der Waals surface area contributed by atoms with Crippen molar-refractivity contribution in [1.82, 2.24) is 25.2 Å². The van der Waals surface area contributed by atoms with Crippen molar-refractivity contribution in [2.24, 2.45) is 0 Å². The van der Waals surface area contributed by atoms with Gasteiger partial charge in [-0.2, -0.15) is 0 Å². The third kappa shape index (κ3) is 3.29. The normalized spacial score (nSPS) is 11.0. The molecule has 0 saturated heterocycles. The van der Waals surface area contributed by atoms with Crippen LogP contribution in [0.5, 0.6) is 0 Å². The number of rotatable bonds is 4. The third-order valence-electron chi connectivity index (χ3n) is 3.60. The maximum Gasteiger partial charge on any atom is 0.138 e. The van der Waals surface area contributed by atoms with E-state index in [1.165, 1.54) is 41.9 Å². The van der Waals surface area contributed by atoms with Crippen LogP contribution in [0.4, 0.5) is 8.78 Å². The lowest BCUT2D eigenvalue weighted by Gasteiger charge is -2.02. The summed E-state index contributed by atoms with van der Waals surface area (Å²) in [7, 11) is 0. The van der Waals surface area contributed by atoms with Gasteiger partial charge in [-0.1, -0.05) is 0 Å². The standard InChI is InChI=1S/C17H11F2N5S/c18-13-5-1-11(2-6-13)16-15(9-24-10-20-22-23-24)25-17(21-16)12-3-7-14(19)8-4-12/h1-8,10H,9H2. The van der Waals surface area contributed by atoms with Gasteiger partial charge in [-0.15, -0.1) is 16.4 Å². The molecule has 2 aromatic heterocycles. The Morgan fingerprint density at radius 2 is 1.52 bits per heavy atom. The number of halogens is 2. The number of aromatic nitrogens is 5. The zero-order valence-corrected chi connectivity index (χ0v) is 13.6. The van der Waals surface area contributed by atoms with Crippen LogP contribution in [0.1, 0.15) is 4.88 Å². The number of thiazole rings is 1. The molecule has 0 aliphatic heterocycles. The van der Waals surface area contributed by atoms with Gasteiger partial charge in [0, 0.05) is 11.1 Å². The molecule has 0 saturated carbocycles. The Labute approximate surface area is 145 Å². The van der Waals surface area contributed by atoms with Crippen LogP contribution in [0.15, 0.2) is 54.9 Å². The SMILES string of the molecule is Fc1ccc(-c2nc(-c3ccc(F)cc3)c(Cn3cnnn3)s2)cc1. The van der Waals surface area contributed by atoms with Crippen molar-refractivity contribution in [1.29, 1.82) is 0 Å². The summed E-state index contributed by atoms with van der Waals surface area (Å²) in [4.78, 5) is 5.61. The van der Waals surface area contributed by atoms with Crippen LogP contribution in [-0.2, 0) is 6.54 Å². The molecular weight excluding hydrogens is 344 g/mol. The molecule has 0 spiro atoms. The minimum Gasteiger partial charge on any atom is -0.236 e. The van der Waals surface area contributed by atoms with Gasteiger partial charge in [0.1, 0.15) is 23.0 Å². The van der Waals surface area contributed by atoms with Crippen molar-refractivity contribution in [2.45, 2.75) is 6.54 Å². The summed E-state index contributed by atoms with van der Waals surface area (Å²) in [5.41, 5.74) is 2.35. The molecule has 0 unspecified atom stereocenters. The fourth-order valence-corrected chi connectivity index (χ4v) is 3.49. The van der Waals surface area contributed by atoms with Gasteiger partial charge in [0.25, 0.3) is 0 Å². The van der Waals surface area contributed by atoms with E-state index >= 15 is 0 Å². The van der Waals surface area contributed by atoms with E-state index in [-0.39, 0.29) is 11.6 Å². The lowest BCUT2D eigenvalue weighted by atomic mass is 10.1. The summed E-state index contributed by atoms with van der Waals surface area (Å²) < 4.78 is 28.0. The molecule has 0 aliphatic rings. The van der Waals surface area contributed by atoms with Gasteiger partial charge < -0.3 is 0 Å². The van der Waals surface area contributed by atoms with Gasteiger partial charge in [-0.3, -0.25) is 0 Å². The zero-order chi connectivity index (χ0) is 17.2. The summed E-state index contributed by atoms with van der Waals surface area (Å²) in [5.74, 6) is -0.604. The molecule has 8 heteroatoms. The van der Waals surface area contributed by atoms with Crippen molar-refractivity contribution in [3.8, 4) is 21.8 Å². The number of tetrazole rings is 1. The summed E-state index contributed by atoms with van der Waals surface area (Å²) >= 11 is 1.47. The minimum atomic E-state index is -0.306. The number of nitrogens with zero attached hydrogens (tertiary/aromatic N) is 5. The maximum atomic E-state index is 13.2. The van der Waals surface area contributed by atoms with Crippen LogP contribution in [0.2, 0.25) is 0 Å². The summed E-state index contributed by atoms with van der Waals surface area (Å²) in [6.45, 7) is 0.443. The van der Waals surface area contributed by atoms with Crippen molar-refractivity contribution in [3.05, 3.63) is 71.4 Å². The van der Waals surface area contributed by atoms with Crippen LogP contribution in [-0.4, -0.2) is 25.2 Å². The van der Waals surface area contributed by atoms with E-state index in [0.717, 1.165) is 26.7 Å². The lowest BCUT2D eigenvalue weighted by Crippen LogP contribution is -2.00. The van der Waals surface area contributed by atoms with Crippen LogP contribution in [0.25, 0.3) is 21.8 Å². The number of hydrogen-bond donors (Lipinski definition) is 0. The van der Waals surface area contributed by atoms with Crippen LogP contribution in [0, 0.1) is 11.6 Å². The molecule has 0 bridgehead atoms. The largest absolute Gasteiger partial charge is 0.236 e. The highest BCUT2D eigenvalue weighted by atomic mass is 32.1. The quantitative estimate of drug-likeness (QED) is 0.559. The Balaban J connectivity index is 1.79. The average molecular weight is 355 g/mol. The van der Waals surface area contributed by atoms with Gasteiger partial charge >= 0.3 is 0 Å².